The van der Waals surface area contributed by atoms with Gasteiger partial charge in [-0.1, -0.05) is 12.2 Å². The van der Waals surface area contributed by atoms with E-state index in [4.69, 9.17) is 11.6 Å². The maximum atomic E-state index is 5.77. The highest BCUT2D eigenvalue weighted by atomic mass is 35.5. The number of alkyl halides is 1. The molecule has 0 saturated carbocycles. The first-order valence-corrected chi connectivity index (χ1v) is 3.35. The predicted molar refractivity (Wildman–Crippen MR) is 36.0 cm³/mol. The Morgan fingerprint density at radius 3 is 3.25 bits per heavy atom. The first-order chi connectivity index (χ1) is 3.89. The number of hydrogen-bond donors (Lipinski definition) is 1. The number of rotatable bonds is 0. The molecule has 0 radical (unpaired) electrons. The first-order valence-electron chi connectivity index (χ1n) is 2.92. The Morgan fingerprint density at radius 1 is 1.50 bits per heavy atom. The molecular formula is C6H10ClN. The molecule has 0 aromatic carbocycles. The third-order valence-electron chi connectivity index (χ3n) is 1.21. The molecule has 1 unspecified atom stereocenters. The summed E-state index contributed by atoms with van der Waals surface area (Å²) in [5.41, 5.74) is 0.185. The third kappa shape index (κ3) is 1.85. The molecule has 1 nitrogen and oxygen atoms in total. The smallest absolute Gasteiger partial charge is 0.0830 e. The van der Waals surface area contributed by atoms with Crippen molar-refractivity contribution in [2.75, 3.05) is 6.54 Å². The molecule has 0 aliphatic carbocycles. The van der Waals surface area contributed by atoms with E-state index < -0.39 is 0 Å². The van der Waals surface area contributed by atoms with Gasteiger partial charge in [-0.15, -0.1) is 11.6 Å². The summed E-state index contributed by atoms with van der Waals surface area (Å²) in [6.45, 7) is 0.925. The van der Waals surface area contributed by atoms with E-state index in [1.165, 1.54) is 0 Å². The summed E-state index contributed by atoms with van der Waals surface area (Å²) in [4.78, 5) is 0. The van der Waals surface area contributed by atoms with Crippen molar-refractivity contribution in [3.05, 3.63) is 12.2 Å². The van der Waals surface area contributed by atoms with E-state index >= 15 is 0 Å². The van der Waals surface area contributed by atoms with E-state index in [0.717, 1.165) is 19.4 Å². The quantitative estimate of drug-likeness (QED) is 0.299. The lowest BCUT2D eigenvalue weighted by Gasteiger charge is -2.03. The topological polar surface area (TPSA) is 12.0 Å². The average Bonchev–Trinajstić information content (AvgIpc) is 1.94. The van der Waals surface area contributed by atoms with E-state index in [-0.39, 0.29) is 5.50 Å². The standard InChI is InChI=1S/C6H10ClN/c7-6-4-2-1-3-5-8-6/h1,3,6,8H,2,4-5H2. The van der Waals surface area contributed by atoms with Crippen molar-refractivity contribution in [1.29, 1.82) is 0 Å². The van der Waals surface area contributed by atoms with Gasteiger partial charge in [0, 0.05) is 6.54 Å². The molecule has 0 spiro atoms. The van der Waals surface area contributed by atoms with Crippen LogP contribution in [0.25, 0.3) is 0 Å². The minimum atomic E-state index is 0.185. The van der Waals surface area contributed by atoms with Gasteiger partial charge in [0.05, 0.1) is 5.50 Å². The molecule has 0 fully saturated rings. The van der Waals surface area contributed by atoms with Crippen LogP contribution in [-0.2, 0) is 0 Å². The molecule has 1 atom stereocenters. The molecular weight excluding hydrogens is 122 g/mol. The molecule has 0 aromatic rings. The highest BCUT2D eigenvalue weighted by molar-refractivity contribution is 6.20. The molecule has 1 rings (SSSR count). The van der Waals surface area contributed by atoms with Gasteiger partial charge < -0.3 is 0 Å². The fraction of sp³-hybridized carbons (Fsp3) is 0.667. The lowest BCUT2D eigenvalue weighted by molar-refractivity contribution is 0.663. The van der Waals surface area contributed by atoms with E-state index in [0.29, 0.717) is 0 Å². The Hall–Kier alpha value is -0.0100. The number of allylic oxidation sites excluding steroid dienone is 1. The van der Waals surface area contributed by atoms with Gasteiger partial charge in [0.25, 0.3) is 0 Å². The molecule has 1 N–H and O–H groups in total. The van der Waals surface area contributed by atoms with Gasteiger partial charge >= 0.3 is 0 Å². The number of nitrogens with one attached hydrogen (secondary N) is 1. The molecule has 0 saturated heterocycles. The lowest BCUT2D eigenvalue weighted by Crippen LogP contribution is -2.21. The van der Waals surface area contributed by atoms with Crippen LogP contribution < -0.4 is 5.32 Å². The van der Waals surface area contributed by atoms with Crippen LogP contribution in [0.4, 0.5) is 0 Å². The second-order valence-corrected chi connectivity index (χ2v) is 2.45. The normalized spacial score (nSPS) is 29.9. The lowest BCUT2D eigenvalue weighted by atomic mass is 10.3. The largest absolute Gasteiger partial charge is 0.298 e. The molecule has 0 amide bonds. The van der Waals surface area contributed by atoms with E-state index in [1.807, 2.05) is 0 Å². The molecule has 2 heteroatoms. The van der Waals surface area contributed by atoms with Crippen molar-refractivity contribution in [3.8, 4) is 0 Å². The monoisotopic (exact) mass is 131 g/mol. The zero-order valence-corrected chi connectivity index (χ0v) is 5.49. The van der Waals surface area contributed by atoms with Crippen molar-refractivity contribution >= 4 is 11.6 Å². The van der Waals surface area contributed by atoms with E-state index in [2.05, 4.69) is 17.5 Å². The predicted octanol–water partition coefficient (Wildman–Crippen LogP) is 1.49. The van der Waals surface area contributed by atoms with Crippen molar-refractivity contribution in [2.24, 2.45) is 0 Å². The minimum Gasteiger partial charge on any atom is -0.298 e. The van der Waals surface area contributed by atoms with Crippen LogP contribution in [0.15, 0.2) is 12.2 Å². The van der Waals surface area contributed by atoms with Crippen LogP contribution in [0.1, 0.15) is 12.8 Å². The third-order valence-corrected chi connectivity index (χ3v) is 1.58. The van der Waals surface area contributed by atoms with Gasteiger partial charge in [-0.2, -0.15) is 0 Å². The van der Waals surface area contributed by atoms with Crippen LogP contribution >= 0.6 is 11.6 Å². The van der Waals surface area contributed by atoms with Gasteiger partial charge in [0.1, 0.15) is 0 Å². The zero-order chi connectivity index (χ0) is 5.82. The highest BCUT2D eigenvalue weighted by Gasteiger charge is 2.01. The SMILES string of the molecule is ClC1CCC=CCN1. The van der Waals surface area contributed by atoms with Gasteiger partial charge in [-0.3, -0.25) is 5.32 Å². The Labute approximate surface area is 54.7 Å². The van der Waals surface area contributed by atoms with Crippen molar-refractivity contribution < 1.29 is 0 Å². The number of halogens is 1. The second kappa shape index (κ2) is 3.10. The summed E-state index contributed by atoms with van der Waals surface area (Å²) in [7, 11) is 0. The molecule has 1 aliphatic heterocycles. The van der Waals surface area contributed by atoms with Gasteiger partial charge in [0.15, 0.2) is 0 Å². The van der Waals surface area contributed by atoms with Crippen LogP contribution in [0.5, 0.6) is 0 Å². The minimum absolute atomic E-state index is 0.185. The van der Waals surface area contributed by atoms with Crippen LogP contribution in [0.3, 0.4) is 0 Å². The highest BCUT2D eigenvalue weighted by Crippen LogP contribution is 2.04. The molecule has 8 heavy (non-hydrogen) atoms. The molecule has 1 aliphatic rings. The Morgan fingerprint density at radius 2 is 2.38 bits per heavy atom. The Balaban J connectivity index is 2.28. The fourth-order valence-electron chi connectivity index (χ4n) is 0.742. The average molecular weight is 132 g/mol. The summed E-state index contributed by atoms with van der Waals surface area (Å²) in [5.74, 6) is 0. The molecule has 0 aromatic heterocycles. The molecule has 46 valence electrons. The Bertz CT molecular complexity index is 80.5. The van der Waals surface area contributed by atoms with Crippen molar-refractivity contribution in [1.82, 2.24) is 5.32 Å². The maximum absolute atomic E-state index is 5.77. The van der Waals surface area contributed by atoms with Gasteiger partial charge in [-0.25, -0.2) is 0 Å². The summed E-state index contributed by atoms with van der Waals surface area (Å²) in [5, 5.41) is 3.12. The first kappa shape index (κ1) is 6.12. The van der Waals surface area contributed by atoms with Crippen molar-refractivity contribution in [2.45, 2.75) is 18.3 Å². The molecule has 1 heterocycles. The van der Waals surface area contributed by atoms with Crippen LogP contribution in [0, 0.1) is 0 Å². The summed E-state index contributed by atoms with van der Waals surface area (Å²) >= 11 is 5.77. The van der Waals surface area contributed by atoms with E-state index in [9.17, 15) is 0 Å². The van der Waals surface area contributed by atoms with Gasteiger partial charge in [0.2, 0.25) is 0 Å². The fourth-order valence-corrected chi connectivity index (χ4v) is 0.957. The second-order valence-electron chi connectivity index (χ2n) is 1.92. The zero-order valence-electron chi connectivity index (χ0n) is 4.73. The maximum Gasteiger partial charge on any atom is 0.0830 e. The summed E-state index contributed by atoms with van der Waals surface area (Å²) in [6.07, 6.45) is 6.44. The van der Waals surface area contributed by atoms with Crippen LogP contribution in [-0.4, -0.2) is 12.0 Å². The van der Waals surface area contributed by atoms with Crippen LogP contribution in [0.2, 0.25) is 0 Å². The summed E-state index contributed by atoms with van der Waals surface area (Å²) in [6, 6.07) is 0. The van der Waals surface area contributed by atoms with Gasteiger partial charge in [-0.05, 0) is 12.8 Å². The molecule has 0 bridgehead atoms. The van der Waals surface area contributed by atoms with Crippen molar-refractivity contribution in [3.63, 3.8) is 0 Å². The Kier molecular flexibility index (Phi) is 2.37. The summed E-state index contributed by atoms with van der Waals surface area (Å²) < 4.78 is 0. The van der Waals surface area contributed by atoms with E-state index in [1.54, 1.807) is 0 Å². The number of hydrogen-bond acceptors (Lipinski definition) is 1.